The van der Waals surface area contributed by atoms with E-state index in [2.05, 4.69) is 12.1 Å². The maximum atomic E-state index is 12.8. The largest absolute Gasteiger partial charge is 0.388 e. The maximum Gasteiger partial charge on any atom is 0.123 e. The zero-order valence-corrected chi connectivity index (χ0v) is 9.96. The van der Waals surface area contributed by atoms with Gasteiger partial charge in [-0.25, -0.2) is 4.39 Å². The van der Waals surface area contributed by atoms with Crippen molar-refractivity contribution in [3.63, 3.8) is 0 Å². The molecule has 0 saturated heterocycles. The lowest BCUT2D eigenvalue weighted by Crippen LogP contribution is -2.01. The van der Waals surface area contributed by atoms with E-state index >= 15 is 0 Å². The van der Waals surface area contributed by atoms with Crippen LogP contribution < -0.4 is 0 Å². The second-order valence-electron chi connectivity index (χ2n) is 4.91. The molecule has 1 aliphatic carbocycles. The molecule has 0 aromatic heterocycles. The third-order valence-corrected chi connectivity index (χ3v) is 3.68. The average Bonchev–Trinajstić information content (AvgIpc) is 3.20. The first-order chi connectivity index (χ1) is 8.75. The van der Waals surface area contributed by atoms with E-state index in [-0.39, 0.29) is 11.7 Å². The van der Waals surface area contributed by atoms with Crippen molar-refractivity contribution in [3.8, 4) is 0 Å². The summed E-state index contributed by atoms with van der Waals surface area (Å²) in [6.45, 7) is 0. The molecule has 3 rings (SSSR count). The predicted molar refractivity (Wildman–Crippen MR) is 68.6 cm³/mol. The molecule has 0 bridgehead atoms. The van der Waals surface area contributed by atoms with Crippen molar-refractivity contribution in [2.45, 2.75) is 18.4 Å². The van der Waals surface area contributed by atoms with Crippen LogP contribution in [0.2, 0.25) is 0 Å². The van der Waals surface area contributed by atoms with Gasteiger partial charge in [0.15, 0.2) is 0 Å². The summed E-state index contributed by atoms with van der Waals surface area (Å²) < 4.78 is 12.8. The van der Waals surface area contributed by atoms with Crippen LogP contribution in [0.5, 0.6) is 0 Å². The third kappa shape index (κ3) is 2.16. The van der Waals surface area contributed by atoms with Crippen molar-refractivity contribution in [2.24, 2.45) is 5.92 Å². The zero-order valence-electron chi connectivity index (χ0n) is 9.96. The zero-order chi connectivity index (χ0) is 12.5. The molecule has 3 unspecified atom stereocenters. The number of rotatable bonds is 3. The molecule has 0 aliphatic heterocycles. The van der Waals surface area contributed by atoms with Crippen LogP contribution in [0.1, 0.15) is 29.6 Å². The summed E-state index contributed by atoms with van der Waals surface area (Å²) in [4.78, 5) is 0. The van der Waals surface area contributed by atoms with Gasteiger partial charge in [-0.15, -0.1) is 0 Å². The number of aliphatic hydroxyl groups is 1. The second-order valence-corrected chi connectivity index (χ2v) is 4.91. The molecule has 0 heterocycles. The molecule has 1 saturated carbocycles. The molecule has 18 heavy (non-hydrogen) atoms. The Balaban J connectivity index is 1.73. The fourth-order valence-electron chi connectivity index (χ4n) is 2.55. The van der Waals surface area contributed by atoms with Crippen LogP contribution in [0.4, 0.5) is 4.39 Å². The van der Waals surface area contributed by atoms with Gasteiger partial charge in [0.25, 0.3) is 0 Å². The molecule has 0 radical (unpaired) electrons. The van der Waals surface area contributed by atoms with E-state index in [1.165, 1.54) is 17.7 Å². The number of benzene rings is 2. The highest BCUT2D eigenvalue weighted by atomic mass is 19.1. The van der Waals surface area contributed by atoms with Crippen molar-refractivity contribution < 1.29 is 9.50 Å². The van der Waals surface area contributed by atoms with Gasteiger partial charge < -0.3 is 5.11 Å². The first-order valence-corrected chi connectivity index (χ1v) is 6.24. The number of halogens is 1. The van der Waals surface area contributed by atoms with E-state index in [9.17, 15) is 9.50 Å². The normalized spacial score (nSPS) is 23.7. The summed E-state index contributed by atoms with van der Waals surface area (Å²) in [5, 5.41) is 10.3. The topological polar surface area (TPSA) is 20.2 Å². The van der Waals surface area contributed by atoms with Gasteiger partial charge in [0, 0.05) is 0 Å². The molecule has 3 atom stereocenters. The molecule has 1 nitrogen and oxygen atoms in total. The quantitative estimate of drug-likeness (QED) is 0.870. The number of aliphatic hydroxyl groups excluding tert-OH is 1. The Morgan fingerprint density at radius 3 is 2.33 bits per heavy atom. The van der Waals surface area contributed by atoms with Gasteiger partial charge in [0.2, 0.25) is 0 Å². The van der Waals surface area contributed by atoms with E-state index in [4.69, 9.17) is 0 Å². The van der Waals surface area contributed by atoms with Crippen LogP contribution in [0, 0.1) is 11.7 Å². The summed E-state index contributed by atoms with van der Waals surface area (Å²) >= 11 is 0. The standard InChI is InChI=1S/C16H15FO/c17-13-8-6-12(7-9-13)16(18)15-10-14(15)11-4-2-1-3-5-11/h1-9,14-16,18H,10H2. The van der Waals surface area contributed by atoms with Crippen molar-refractivity contribution >= 4 is 0 Å². The average molecular weight is 242 g/mol. The lowest BCUT2D eigenvalue weighted by Gasteiger charge is -2.10. The van der Waals surface area contributed by atoms with Gasteiger partial charge in [0.05, 0.1) is 6.10 Å². The minimum absolute atomic E-state index is 0.262. The van der Waals surface area contributed by atoms with E-state index < -0.39 is 6.10 Å². The predicted octanol–water partition coefficient (Wildman–Crippen LogP) is 3.66. The van der Waals surface area contributed by atoms with Crippen LogP contribution >= 0.6 is 0 Å². The minimum Gasteiger partial charge on any atom is -0.388 e. The van der Waals surface area contributed by atoms with Crippen molar-refractivity contribution in [1.29, 1.82) is 0 Å². The smallest absolute Gasteiger partial charge is 0.123 e. The van der Waals surface area contributed by atoms with E-state index in [1.807, 2.05) is 18.2 Å². The Labute approximate surface area is 106 Å². The van der Waals surface area contributed by atoms with Crippen LogP contribution in [-0.4, -0.2) is 5.11 Å². The molecule has 1 aliphatic rings. The first kappa shape index (κ1) is 11.4. The Bertz CT molecular complexity index is 521. The number of hydrogen-bond donors (Lipinski definition) is 1. The van der Waals surface area contributed by atoms with E-state index in [1.54, 1.807) is 12.1 Å². The Hall–Kier alpha value is -1.67. The minimum atomic E-state index is -0.490. The van der Waals surface area contributed by atoms with Gasteiger partial charge in [-0.2, -0.15) is 0 Å². The van der Waals surface area contributed by atoms with Crippen molar-refractivity contribution in [2.75, 3.05) is 0 Å². The highest BCUT2D eigenvalue weighted by Gasteiger charge is 2.43. The highest BCUT2D eigenvalue weighted by Crippen LogP contribution is 2.53. The lowest BCUT2D eigenvalue weighted by molar-refractivity contribution is 0.151. The molecule has 0 spiro atoms. The SMILES string of the molecule is OC(c1ccc(F)cc1)C1CC1c1ccccc1. The summed E-state index contributed by atoms with van der Waals surface area (Å²) in [6, 6.07) is 16.4. The van der Waals surface area contributed by atoms with Gasteiger partial charge in [-0.1, -0.05) is 42.5 Å². The first-order valence-electron chi connectivity index (χ1n) is 6.24. The van der Waals surface area contributed by atoms with Crippen molar-refractivity contribution in [3.05, 3.63) is 71.5 Å². The lowest BCUT2D eigenvalue weighted by atomic mass is 10.0. The van der Waals surface area contributed by atoms with Gasteiger partial charge in [0.1, 0.15) is 5.82 Å². The van der Waals surface area contributed by atoms with Gasteiger partial charge >= 0.3 is 0 Å². The summed E-state index contributed by atoms with van der Waals surface area (Å²) in [7, 11) is 0. The van der Waals surface area contributed by atoms with Crippen LogP contribution in [0.15, 0.2) is 54.6 Å². The monoisotopic (exact) mass is 242 g/mol. The Kier molecular flexibility index (Phi) is 2.88. The summed E-state index contributed by atoms with van der Waals surface area (Å²) in [5.74, 6) is 0.436. The Morgan fingerprint density at radius 1 is 1.00 bits per heavy atom. The number of hydrogen-bond acceptors (Lipinski definition) is 1. The molecule has 2 aromatic rings. The molecule has 2 heteroatoms. The molecule has 2 aromatic carbocycles. The van der Waals surface area contributed by atoms with Crippen LogP contribution in [0.25, 0.3) is 0 Å². The third-order valence-electron chi connectivity index (χ3n) is 3.68. The van der Waals surface area contributed by atoms with E-state index in [0.29, 0.717) is 5.92 Å². The fourth-order valence-corrected chi connectivity index (χ4v) is 2.55. The Morgan fingerprint density at radius 2 is 1.67 bits per heavy atom. The van der Waals surface area contributed by atoms with Crippen molar-refractivity contribution in [1.82, 2.24) is 0 Å². The highest BCUT2D eigenvalue weighted by molar-refractivity contribution is 5.29. The summed E-state index contributed by atoms with van der Waals surface area (Å²) in [5.41, 5.74) is 2.09. The second kappa shape index (κ2) is 4.54. The molecular weight excluding hydrogens is 227 g/mol. The summed E-state index contributed by atoms with van der Waals surface area (Å²) in [6.07, 6.45) is 0.513. The van der Waals surface area contributed by atoms with Gasteiger partial charge in [-0.3, -0.25) is 0 Å². The molecule has 0 amide bonds. The molecule has 1 fully saturated rings. The van der Waals surface area contributed by atoms with Gasteiger partial charge in [-0.05, 0) is 41.5 Å². The van der Waals surface area contributed by atoms with Crippen LogP contribution in [0.3, 0.4) is 0 Å². The molecule has 1 N–H and O–H groups in total. The molecule has 92 valence electrons. The van der Waals surface area contributed by atoms with E-state index in [0.717, 1.165) is 12.0 Å². The molecular formula is C16H15FO. The van der Waals surface area contributed by atoms with Crippen LogP contribution in [-0.2, 0) is 0 Å². The maximum absolute atomic E-state index is 12.8. The fraction of sp³-hybridized carbons (Fsp3) is 0.250.